The number of rotatable bonds is 5. The number of fused-ring (bicyclic) bond motifs is 1. The number of allylic oxidation sites excluding steroid dienone is 1. The van der Waals surface area contributed by atoms with Crippen molar-refractivity contribution >= 4 is 28.7 Å². The third-order valence-corrected chi connectivity index (χ3v) is 4.55. The van der Waals surface area contributed by atoms with E-state index in [0.29, 0.717) is 22.2 Å². The molecule has 0 fully saturated rings. The molecule has 0 atom stereocenters. The first-order chi connectivity index (χ1) is 14.9. The SMILES string of the molecule is O=C=C(O)Cc1ccc2nc(-c3ccc(NC(=O)c4ccc(F)cc4)nc3)n(O)c2c1. The summed E-state index contributed by atoms with van der Waals surface area (Å²) in [5, 5.41) is 22.5. The first kappa shape index (κ1) is 19.8. The highest BCUT2D eigenvalue weighted by Gasteiger charge is 2.14. The molecule has 0 saturated carbocycles. The zero-order chi connectivity index (χ0) is 22.0. The maximum atomic E-state index is 13.0. The highest BCUT2D eigenvalue weighted by atomic mass is 19.1. The molecule has 154 valence electrons. The minimum atomic E-state index is -0.439. The quantitative estimate of drug-likeness (QED) is 0.259. The standard InChI is InChI=1S/C22H15FN4O4/c23-16-5-2-14(3-6-16)22(30)26-20-8-4-15(11-24-20)21-25-18-7-1-13(9-17(29)12-28)10-19(18)27(21)31/h1-8,10-11,29,31H,9H2,(H,24,26,30). The van der Waals surface area contributed by atoms with E-state index in [-0.39, 0.29) is 23.6 Å². The van der Waals surface area contributed by atoms with Gasteiger partial charge in [0.15, 0.2) is 17.5 Å². The largest absolute Gasteiger partial charge is 0.502 e. The Balaban J connectivity index is 1.57. The number of imidazole rings is 1. The normalized spacial score (nSPS) is 10.6. The van der Waals surface area contributed by atoms with Crippen LogP contribution >= 0.6 is 0 Å². The molecular weight excluding hydrogens is 403 g/mol. The molecular formula is C22H15FN4O4. The van der Waals surface area contributed by atoms with Crippen molar-refractivity contribution < 1.29 is 24.3 Å². The Morgan fingerprint density at radius 3 is 2.58 bits per heavy atom. The molecule has 3 N–H and O–H groups in total. The second kappa shape index (κ2) is 8.10. The van der Waals surface area contributed by atoms with Crippen molar-refractivity contribution in [3.63, 3.8) is 0 Å². The number of anilines is 1. The maximum Gasteiger partial charge on any atom is 0.256 e. The van der Waals surface area contributed by atoms with Crippen molar-refractivity contribution in [2.24, 2.45) is 0 Å². The van der Waals surface area contributed by atoms with Gasteiger partial charge in [-0.05, 0) is 54.1 Å². The van der Waals surface area contributed by atoms with E-state index >= 15 is 0 Å². The predicted octanol–water partition coefficient (Wildman–Crippen LogP) is 3.54. The monoisotopic (exact) mass is 418 g/mol. The van der Waals surface area contributed by atoms with Crippen LogP contribution in [0.25, 0.3) is 22.4 Å². The molecule has 2 aromatic carbocycles. The number of nitrogens with zero attached hydrogens (tertiary/aromatic N) is 3. The van der Waals surface area contributed by atoms with Gasteiger partial charge < -0.3 is 15.6 Å². The van der Waals surface area contributed by atoms with Gasteiger partial charge in [-0.2, -0.15) is 4.73 Å². The van der Waals surface area contributed by atoms with Crippen LogP contribution in [0.5, 0.6) is 0 Å². The first-order valence-corrected chi connectivity index (χ1v) is 9.11. The molecule has 0 unspecified atom stereocenters. The number of aromatic nitrogens is 3. The number of carbonyl (C=O) groups excluding carboxylic acids is 2. The van der Waals surface area contributed by atoms with Gasteiger partial charge in [0, 0.05) is 23.7 Å². The fourth-order valence-corrected chi connectivity index (χ4v) is 3.02. The van der Waals surface area contributed by atoms with Crippen molar-refractivity contribution in [1.82, 2.24) is 14.7 Å². The Morgan fingerprint density at radius 1 is 1.13 bits per heavy atom. The maximum absolute atomic E-state index is 13.0. The van der Waals surface area contributed by atoms with Crippen LogP contribution < -0.4 is 5.32 Å². The van der Waals surface area contributed by atoms with Gasteiger partial charge in [0.1, 0.15) is 17.2 Å². The summed E-state index contributed by atoms with van der Waals surface area (Å²) in [7, 11) is 0. The van der Waals surface area contributed by atoms with Gasteiger partial charge in [-0.15, -0.1) is 0 Å². The van der Waals surface area contributed by atoms with Crippen LogP contribution in [0.1, 0.15) is 15.9 Å². The Bertz CT molecular complexity index is 1320. The van der Waals surface area contributed by atoms with Crippen LogP contribution in [0.3, 0.4) is 0 Å². The zero-order valence-corrected chi connectivity index (χ0v) is 15.9. The summed E-state index contributed by atoms with van der Waals surface area (Å²) in [5.41, 5.74) is 2.28. The third kappa shape index (κ3) is 4.12. The first-order valence-electron chi connectivity index (χ1n) is 9.11. The molecule has 1 amide bonds. The summed E-state index contributed by atoms with van der Waals surface area (Å²) in [5.74, 6) is 0.615. The number of halogens is 1. The lowest BCUT2D eigenvalue weighted by Crippen LogP contribution is -2.12. The van der Waals surface area contributed by atoms with E-state index < -0.39 is 17.5 Å². The molecule has 2 heterocycles. The number of hydrogen-bond donors (Lipinski definition) is 3. The summed E-state index contributed by atoms with van der Waals surface area (Å²) in [4.78, 5) is 31.2. The molecule has 4 rings (SSSR count). The summed E-state index contributed by atoms with van der Waals surface area (Å²) >= 11 is 0. The molecule has 9 heteroatoms. The van der Waals surface area contributed by atoms with Crippen LogP contribution in [0.2, 0.25) is 0 Å². The van der Waals surface area contributed by atoms with Crippen LogP contribution in [-0.4, -0.2) is 36.9 Å². The number of benzene rings is 2. The van der Waals surface area contributed by atoms with E-state index in [1.54, 1.807) is 30.3 Å². The van der Waals surface area contributed by atoms with Crippen LogP contribution in [0.4, 0.5) is 10.2 Å². The van der Waals surface area contributed by atoms with E-state index in [2.05, 4.69) is 15.3 Å². The zero-order valence-electron chi connectivity index (χ0n) is 15.9. The number of pyridine rings is 1. The molecule has 0 aliphatic rings. The average Bonchev–Trinajstić information content (AvgIpc) is 3.10. The fraction of sp³-hybridized carbons (Fsp3) is 0.0455. The van der Waals surface area contributed by atoms with Crippen LogP contribution in [0, 0.1) is 5.82 Å². The van der Waals surface area contributed by atoms with Gasteiger partial charge in [0.2, 0.25) is 0 Å². The van der Waals surface area contributed by atoms with Crippen LogP contribution in [-0.2, 0) is 11.2 Å². The minimum Gasteiger partial charge on any atom is -0.502 e. The number of aliphatic hydroxyl groups is 1. The number of hydrogen-bond acceptors (Lipinski definition) is 6. The Kier molecular flexibility index (Phi) is 5.17. The topological polar surface area (TPSA) is 117 Å². The van der Waals surface area contributed by atoms with Crippen LogP contribution in [0.15, 0.2) is 66.6 Å². The highest BCUT2D eigenvalue weighted by molar-refractivity contribution is 6.03. The molecule has 0 spiro atoms. The van der Waals surface area contributed by atoms with Gasteiger partial charge in [0.25, 0.3) is 5.91 Å². The van der Waals surface area contributed by atoms with E-state index in [9.17, 15) is 24.3 Å². The fourth-order valence-electron chi connectivity index (χ4n) is 3.02. The predicted molar refractivity (Wildman–Crippen MR) is 110 cm³/mol. The second-order valence-electron chi connectivity index (χ2n) is 6.69. The van der Waals surface area contributed by atoms with Gasteiger partial charge in [-0.1, -0.05) is 6.07 Å². The van der Waals surface area contributed by atoms with E-state index in [1.165, 1.54) is 36.4 Å². The van der Waals surface area contributed by atoms with Crippen molar-refractivity contribution in [3.8, 4) is 11.4 Å². The van der Waals surface area contributed by atoms with E-state index in [0.717, 1.165) is 4.73 Å². The molecule has 4 aromatic rings. The van der Waals surface area contributed by atoms with Crippen molar-refractivity contribution in [3.05, 3.63) is 83.5 Å². The molecule has 0 aliphatic carbocycles. The number of carbonyl (C=O) groups is 1. The smallest absolute Gasteiger partial charge is 0.256 e. The van der Waals surface area contributed by atoms with Crippen molar-refractivity contribution in [2.45, 2.75) is 6.42 Å². The summed E-state index contributed by atoms with van der Waals surface area (Å²) < 4.78 is 13.9. The lowest BCUT2D eigenvalue weighted by molar-refractivity contribution is 0.102. The average molecular weight is 418 g/mol. The van der Waals surface area contributed by atoms with E-state index in [4.69, 9.17) is 0 Å². The molecule has 0 bridgehead atoms. The summed E-state index contributed by atoms with van der Waals surface area (Å²) in [6.07, 6.45) is 1.43. The lowest BCUT2D eigenvalue weighted by Gasteiger charge is -2.06. The Labute approximate surface area is 174 Å². The Morgan fingerprint density at radius 2 is 1.90 bits per heavy atom. The lowest BCUT2D eigenvalue weighted by atomic mass is 10.1. The molecule has 0 aliphatic heterocycles. The van der Waals surface area contributed by atoms with Gasteiger partial charge in [-0.3, -0.25) is 4.79 Å². The third-order valence-electron chi connectivity index (χ3n) is 4.55. The van der Waals surface area contributed by atoms with Gasteiger partial charge >= 0.3 is 0 Å². The van der Waals surface area contributed by atoms with E-state index in [1.807, 2.05) is 0 Å². The molecule has 0 saturated heterocycles. The summed E-state index contributed by atoms with van der Waals surface area (Å²) in [6.45, 7) is 0. The Hall–Kier alpha value is -4.49. The summed E-state index contributed by atoms with van der Waals surface area (Å²) in [6, 6.07) is 13.2. The van der Waals surface area contributed by atoms with Crippen molar-refractivity contribution in [1.29, 1.82) is 0 Å². The minimum absolute atomic E-state index is 0.00996. The second-order valence-corrected chi connectivity index (χ2v) is 6.69. The molecule has 2 aromatic heterocycles. The molecule has 31 heavy (non-hydrogen) atoms. The van der Waals surface area contributed by atoms with Gasteiger partial charge in [-0.25, -0.2) is 19.2 Å². The number of aliphatic hydroxyl groups excluding tert-OH is 1. The number of nitrogens with one attached hydrogen (secondary N) is 1. The van der Waals surface area contributed by atoms with Gasteiger partial charge in [0.05, 0.1) is 5.52 Å². The molecule has 0 radical (unpaired) electrons. The highest BCUT2D eigenvalue weighted by Crippen LogP contribution is 2.25. The number of amides is 1. The molecule has 8 nitrogen and oxygen atoms in total. The van der Waals surface area contributed by atoms with Crippen molar-refractivity contribution in [2.75, 3.05) is 5.32 Å².